The van der Waals surface area contributed by atoms with E-state index in [1.54, 1.807) is 11.9 Å². The van der Waals surface area contributed by atoms with E-state index in [1.165, 1.54) is 5.56 Å². The summed E-state index contributed by atoms with van der Waals surface area (Å²) in [6, 6.07) is 18.0. The van der Waals surface area contributed by atoms with Crippen molar-refractivity contribution in [3.05, 3.63) is 65.7 Å². The fourth-order valence-corrected chi connectivity index (χ4v) is 2.91. The second-order valence-electron chi connectivity index (χ2n) is 6.67. The molecule has 144 valence electrons. The van der Waals surface area contributed by atoms with Crippen LogP contribution in [-0.4, -0.2) is 43.4 Å². The highest BCUT2D eigenvalue weighted by atomic mass is 16.2. The Morgan fingerprint density at radius 1 is 0.926 bits per heavy atom. The summed E-state index contributed by atoms with van der Waals surface area (Å²) in [5.41, 5.74) is 3.21. The van der Waals surface area contributed by atoms with E-state index >= 15 is 0 Å². The lowest BCUT2D eigenvalue weighted by Gasteiger charge is -2.17. The van der Waals surface area contributed by atoms with Gasteiger partial charge in [0.25, 0.3) is 0 Å². The van der Waals surface area contributed by atoms with Gasteiger partial charge in [-0.2, -0.15) is 0 Å². The Morgan fingerprint density at radius 3 is 2.33 bits per heavy atom. The van der Waals surface area contributed by atoms with Crippen LogP contribution in [-0.2, 0) is 22.4 Å². The lowest BCUT2D eigenvalue weighted by Crippen LogP contribution is -2.39. The molecule has 0 aliphatic heterocycles. The van der Waals surface area contributed by atoms with Gasteiger partial charge in [-0.25, -0.2) is 0 Å². The quantitative estimate of drug-likeness (QED) is 0.635. The second-order valence-corrected chi connectivity index (χ2v) is 6.67. The van der Waals surface area contributed by atoms with Crippen LogP contribution < -0.4 is 10.6 Å². The molecule has 0 heterocycles. The SMILES string of the molecule is CCc1ccccc1NC(=O)CN(C)CC(=O)NCCCc1ccccc1. The van der Waals surface area contributed by atoms with Crippen LogP contribution in [0.15, 0.2) is 54.6 Å². The van der Waals surface area contributed by atoms with Crippen LogP contribution in [0.1, 0.15) is 24.5 Å². The lowest BCUT2D eigenvalue weighted by molar-refractivity contribution is -0.122. The molecule has 2 rings (SSSR count). The van der Waals surface area contributed by atoms with Crippen molar-refractivity contribution in [2.45, 2.75) is 26.2 Å². The maximum atomic E-state index is 12.2. The molecule has 0 atom stereocenters. The molecule has 0 aliphatic carbocycles. The van der Waals surface area contributed by atoms with Crippen molar-refractivity contribution in [1.29, 1.82) is 0 Å². The molecule has 0 fully saturated rings. The van der Waals surface area contributed by atoms with E-state index in [-0.39, 0.29) is 24.9 Å². The van der Waals surface area contributed by atoms with Crippen LogP contribution in [0.3, 0.4) is 0 Å². The Hall–Kier alpha value is -2.66. The summed E-state index contributed by atoms with van der Waals surface area (Å²) in [5.74, 6) is -0.178. The third-order valence-electron chi connectivity index (χ3n) is 4.31. The van der Waals surface area contributed by atoms with Gasteiger partial charge in [0, 0.05) is 12.2 Å². The predicted octanol–water partition coefficient (Wildman–Crippen LogP) is 2.87. The van der Waals surface area contributed by atoms with Crippen LogP contribution in [0.5, 0.6) is 0 Å². The first kappa shape index (κ1) is 20.6. The zero-order valence-electron chi connectivity index (χ0n) is 16.2. The molecule has 2 aromatic rings. The van der Waals surface area contributed by atoms with Crippen molar-refractivity contribution in [3.8, 4) is 0 Å². The van der Waals surface area contributed by atoms with E-state index in [9.17, 15) is 9.59 Å². The summed E-state index contributed by atoms with van der Waals surface area (Å²) < 4.78 is 0. The van der Waals surface area contributed by atoms with Crippen molar-refractivity contribution >= 4 is 17.5 Å². The first-order valence-corrected chi connectivity index (χ1v) is 9.45. The second kappa shape index (κ2) is 11.1. The molecule has 5 nitrogen and oxygen atoms in total. The van der Waals surface area contributed by atoms with E-state index in [1.807, 2.05) is 42.5 Å². The number of rotatable bonds is 10. The van der Waals surface area contributed by atoms with Gasteiger partial charge in [-0.3, -0.25) is 14.5 Å². The number of para-hydroxylation sites is 1. The van der Waals surface area contributed by atoms with Crippen LogP contribution in [0.2, 0.25) is 0 Å². The van der Waals surface area contributed by atoms with E-state index in [4.69, 9.17) is 0 Å². The first-order chi connectivity index (χ1) is 13.1. The Bertz CT molecular complexity index is 731. The highest BCUT2D eigenvalue weighted by Crippen LogP contribution is 2.15. The van der Waals surface area contributed by atoms with E-state index in [0.717, 1.165) is 30.5 Å². The molecule has 0 saturated heterocycles. The molecular formula is C22H29N3O2. The van der Waals surface area contributed by atoms with Crippen LogP contribution in [0.25, 0.3) is 0 Å². The number of carbonyl (C=O) groups excluding carboxylic acids is 2. The third-order valence-corrected chi connectivity index (χ3v) is 4.31. The summed E-state index contributed by atoms with van der Waals surface area (Å²) >= 11 is 0. The number of aryl methyl sites for hydroxylation is 2. The third kappa shape index (κ3) is 7.62. The average Bonchev–Trinajstić information content (AvgIpc) is 2.66. The minimum Gasteiger partial charge on any atom is -0.355 e. The summed E-state index contributed by atoms with van der Waals surface area (Å²) in [5, 5.41) is 5.84. The molecule has 0 saturated carbocycles. The molecule has 0 aromatic heterocycles. The van der Waals surface area contributed by atoms with E-state index in [2.05, 4.69) is 29.7 Å². The van der Waals surface area contributed by atoms with Crippen molar-refractivity contribution in [2.75, 3.05) is 32.0 Å². The molecule has 0 unspecified atom stereocenters. The number of nitrogens with one attached hydrogen (secondary N) is 2. The molecule has 2 amide bonds. The molecule has 27 heavy (non-hydrogen) atoms. The summed E-state index contributed by atoms with van der Waals surface area (Å²) in [4.78, 5) is 25.9. The van der Waals surface area contributed by atoms with Gasteiger partial charge < -0.3 is 10.6 Å². The number of carbonyl (C=O) groups is 2. The lowest BCUT2D eigenvalue weighted by atomic mass is 10.1. The van der Waals surface area contributed by atoms with E-state index in [0.29, 0.717) is 6.54 Å². The summed E-state index contributed by atoms with van der Waals surface area (Å²) in [6.45, 7) is 3.07. The monoisotopic (exact) mass is 367 g/mol. The maximum absolute atomic E-state index is 12.2. The van der Waals surface area contributed by atoms with Crippen LogP contribution in [0, 0.1) is 0 Å². The van der Waals surface area contributed by atoms with Gasteiger partial charge in [0.05, 0.1) is 13.1 Å². The first-order valence-electron chi connectivity index (χ1n) is 9.45. The van der Waals surface area contributed by atoms with Gasteiger partial charge in [0.15, 0.2) is 0 Å². The molecule has 2 N–H and O–H groups in total. The van der Waals surface area contributed by atoms with Gasteiger partial charge in [-0.15, -0.1) is 0 Å². The number of benzene rings is 2. The number of anilines is 1. The van der Waals surface area contributed by atoms with E-state index < -0.39 is 0 Å². The fourth-order valence-electron chi connectivity index (χ4n) is 2.91. The molecule has 0 spiro atoms. The summed E-state index contributed by atoms with van der Waals surface area (Å²) in [6.07, 6.45) is 2.70. The Labute approximate surface area is 161 Å². The van der Waals surface area contributed by atoms with Gasteiger partial charge in [0.2, 0.25) is 11.8 Å². The van der Waals surface area contributed by atoms with Gasteiger partial charge in [-0.1, -0.05) is 55.5 Å². The standard InChI is InChI=1S/C22H29N3O2/c1-3-19-13-7-8-14-20(19)24-22(27)17-25(2)16-21(26)23-15-9-12-18-10-5-4-6-11-18/h4-8,10-11,13-14H,3,9,12,15-17H2,1-2H3,(H,23,26)(H,24,27). The number of likely N-dealkylation sites (N-methyl/N-ethyl adjacent to an activating group) is 1. The van der Waals surface area contributed by atoms with Crippen molar-refractivity contribution in [3.63, 3.8) is 0 Å². The Balaban J connectivity index is 1.66. The minimum atomic E-state index is -0.115. The zero-order chi connectivity index (χ0) is 19.5. The normalized spacial score (nSPS) is 10.6. The van der Waals surface area contributed by atoms with Gasteiger partial charge >= 0.3 is 0 Å². The largest absolute Gasteiger partial charge is 0.355 e. The van der Waals surface area contributed by atoms with Crippen LogP contribution >= 0.6 is 0 Å². The van der Waals surface area contributed by atoms with Gasteiger partial charge in [0.1, 0.15) is 0 Å². The Kier molecular flexibility index (Phi) is 8.52. The van der Waals surface area contributed by atoms with Gasteiger partial charge in [-0.05, 0) is 43.5 Å². The fraction of sp³-hybridized carbons (Fsp3) is 0.364. The summed E-state index contributed by atoms with van der Waals surface area (Å²) in [7, 11) is 1.77. The highest BCUT2D eigenvalue weighted by Gasteiger charge is 2.11. The molecular weight excluding hydrogens is 338 g/mol. The minimum absolute atomic E-state index is 0.0627. The highest BCUT2D eigenvalue weighted by molar-refractivity contribution is 5.93. The number of nitrogens with zero attached hydrogens (tertiary/aromatic N) is 1. The number of hydrogen-bond acceptors (Lipinski definition) is 3. The molecule has 0 bridgehead atoms. The zero-order valence-corrected chi connectivity index (χ0v) is 16.2. The average molecular weight is 367 g/mol. The molecule has 0 radical (unpaired) electrons. The van der Waals surface area contributed by atoms with Crippen molar-refractivity contribution in [2.24, 2.45) is 0 Å². The maximum Gasteiger partial charge on any atom is 0.238 e. The Morgan fingerprint density at radius 2 is 1.59 bits per heavy atom. The number of amides is 2. The molecule has 5 heteroatoms. The smallest absolute Gasteiger partial charge is 0.238 e. The van der Waals surface area contributed by atoms with Crippen LogP contribution in [0.4, 0.5) is 5.69 Å². The predicted molar refractivity (Wildman–Crippen MR) is 110 cm³/mol. The molecule has 2 aromatic carbocycles. The number of hydrogen-bond donors (Lipinski definition) is 2. The van der Waals surface area contributed by atoms with Crippen molar-refractivity contribution < 1.29 is 9.59 Å². The molecule has 0 aliphatic rings. The van der Waals surface area contributed by atoms with Crippen molar-refractivity contribution in [1.82, 2.24) is 10.2 Å². The topological polar surface area (TPSA) is 61.4 Å².